The van der Waals surface area contributed by atoms with Crippen molar-refractivity contribution >= 4 is 0 Å². The van der Waals surface area contributed by atoms with Crippen LogP contribution in [0.25, 0.3) is 0 Å². The van der Waals surface area contributed by atoms with Crippen molar-refractivity contribution in [2.24, 2.45) is 16.7 Å². The highest BCUT2D eigenvalue weighted by Crippen LogP contribution is 2.35. The Morgan fingerprint density at radius 2 is 1.52 bits per heavy atom. The Kier molecular flexibility index (Phi) is 8.86. The van der Waals surface area contributed by atoms with Crippen LogP contribution >= 0.6 is 0 Å². The van der Waals surface area contributed by atoms with Crippen LogP contribution in [0.5, 0.6) is 0 Å². The van der Waals surface area contributed by atoms with Gasteiger partial charge in [0.2, 0.25) is 0 Å². The maximum absolute atomic E-state index is 10.3. The molecule has 1 saturated heterocycles. The molecule has 0 aliphatic carbocycles. The van der Waals surface area contributed by atoms with Crippen LogP contribution in [0.4, 0.5) is 0 Å². The summed E-state index contributed by atoms with van der Waals surface area (Å²) in [5.41, 5.74) is 0.378. The van der Waals surface area contributed by atoms with Gasteiger partial charge in [-0.2, -0.15) is 0 Å². The van der Waals surface area contributed by atoms with Crippen molar-refractivity contribution in [1.29, 1.82) is 0 Å². The number of hydrogen-bond acceptors (Lipinski definition) is 4. The zero-order valence-corrected chi connectivity index (χ0v) is 17.9. The molecule has 25 heavy (non-hydrogen) atoms. The average Bonchev–Trinajstić information content (AvgIpc) is 2.36. The normalized spacial score (nSPS) is 20.9. The highest BCUT2D eigenvalue weighted by Gasteiger charge is 2.29. The number of likely N-dealkylation sites (tertiary alicyclic amines) is 1. The minimum atomic E-state index is -0.238. The van der Waals surface area contributed by atoms with Gasteiger partial charge in [-0.15, -0.1) is 0 Å². The summed E-state index contributed by atoms with van der Waals surface area (Å²) in [6.45, 7) is 14.9. The molecule has 150 valence electrons. The lowest BCUT2D eigenvalue weighted by atomic mass is 9.75. The molecule has 1 aliphatic rings. The number of β-amino-alcohol motifs (C(OH)–C–C–N with tert-alkyl or cyclic N) is 1. The van der Waals surface area contributed by atoms with Gasteiger partial charge in [-0.05, 0) is 76.0 Å². The molecule has 1 rings (SSSR count). The Morgan fingerprint density at radius 1 is 0.960 bits per heavy atom. The molecule has 0 amide bonds. The van der Waals surface area contributed by atoms with Crippen LogP contribution in [0.2, 0.25) is 0 Å². The molecule has 0 saturated carbocycles. The van der Waals surface area contributed by atoms with E-state index in [0.717, 1.165) is 44.9 Å². The van der Waals surface area contributed by atoms with Gasteiger partial charge in [-0.1, -0.05) is 34.6 Å². The van der Waals surface area contributed by atoms with Gasteiger partial charge in [-0.25, -0.2) is 0 Å². The fourth-order valence-corrected chi connectivity index (χ4v) is 4.43. The Balaban J connectivity index is 2.33. The van der Waals surface area contributed by atoms with Gasteiger partial charge in [0.15, 0.2) is 0 Å². The molecule has 1 aliphatic heterocycles. The zero-order chi connectivity index (χ0) is 19.3. The molecule has 0 radical (unpaired) electrons. The van der Waals surface area contributed by atoms with Crippen molar-refractivity contribution in [3.8, 4) is 0 Å². The van der Waals surface area contributed by atoms with Crippen LogP contribution in [0.1, 0.15) is 66.7 Å². The largest absolute Gasteiger partial charge is 0.392 e. The number of aliphatic hydroxyl groups excluding tert-OH is 2. The third-order valence-electron chi connectivity index (χ3n) is 5.23. The Labute approximate surface area is 156 Å². The molecule has 0 aromatic carbocycles. The Morgan fingerprint density at radius 3 is 2.00 bits per heavy atom. The molecule has 2 atom stereocenters. The van der Waals surface area contributed by atoms with Crippen LogP contribution in [0, 0.1) is 16.7 Å². The number of likely N-dealkylation sites (N-methyl/N-ethyl adjacent to an activating group) is 1. The van der Waals surface area contributed by atoms with E-state index in [1.807, 2.05) is 14.1 Å². The summed E-state index contributed by atoms with van der Waals surface area (Å²) in [4.78, 5) is 4.49. The standard InChI is InChI=1S/C21H44N2O2/c1-20(2,3)13-18(24)16-23-10-8-17(9-11-23)12-21(4,5)14-19(25)15-22(6)7/h17-19,24-25H,8-16H2,1-7H3. The second-order valence-electron chi connectivity index (χ2n) is 10.7. The third kappa shape index (κ3) is 10.5. The van der Waals surface area contributed by atoms with Crippen LogP contribution in [0.3, 0.4) is 0 Å². The minimum absolute atomic E-state index is 0.189. The molecular formula is C21H44N2O2. The first-order valence-corrected chi connectivity index (χ1v) is 10.1. The van der Waals surface area contributed by atoms with E-state index in [1.54, 1.807) is 0 Å². The van der Waals surface area contributed by atoms with E-state index in [9.17, 15) is 10.2 Å². The van der Waals surface area contributed by atoms with Gasteiger partial charge in [0.1, 0.15) is 0 Å². The van der Waals surface area contributed by atoms with E-state index in [2.05, 4.69) is 44.4 Å². The van der Waals surface area contributed by atoms with E-state index in [4.69, 9.17) is 0 Å². The van der Waals surface area contributed by atoms with E-state index in [-0.39, 0.29) is 23.0 Å². The molecule has 4 heteroatoms. The molecule has 2 N–H and O–H groups in total. The first kappa shape index (κ1) is 22.9. The summed E-state index contributed by atoms with van der Waals surface area (Å²) >= 11 is 0. The number of nitrogens with zero attached hydrogens (tertiary/aromatic N) is 2. The quantitative estimate of drug-likeness (QED) is 0.666. The van der Waals surface area contributed by atoms with E-state index in [0.29, 0.717) is 0 Å². The van der Waals surface area contributed by atoms with Gasteiger partial charge in [0, 0.05) is 13.1 Å². The summed E-state index contributed by atoms with van der Waals surface area (Å²) in [6, 6.07) is 0. The molecule has 1 heterocycles. The zero-order valence-electron chi connectivity index (χ0n) is 17.9. The van der Waals surface area contributed by atoms with Gasteiger partial charge in [-0.3, -0.25) is 0 Å². The summed E-state index contributed by atoms with van der Waals surface area (Å²) in [5, 5.41) is 20.5. The highest BCUT2D eigenvalue weighted by atomic mass is 16.3. The highest BCUT2D eigenvalue weighted by molar-refractivity contribution is 4.82. The van der Waals surface area contributed by atoms with Crippen molar-refractivity contribution < 1.29 is 10.2 Å². The molecular weight excluding hydrogens is 312 g/mol. The molecule has 0 aromatic rings. The summed E-state index contributed by atoms with van der Waals surface area (Å²) in [6.07, 6.45) is 4.91. The van der Waals surface area contributed by atoms with Crippen molar-refractivity contribution in [2.45, 2.75) is 78.9 Å². The fraction of sp³-hybridized carbons (Fsp3) is 1.00. The second kappa shape index (κ2) is 9.68. The fourth-order valence-electron chi connectivity index (χ4n) is 4.43. The van der Waals surface area contributed by atoms with Crippen molar-refractivity contribution in [3.05, 3.63) is 0 Å². The lowest BCUT2D eigenvalue weighted by Crippen LogP contribution is -2.41. The molecule has 2 unspecified atom stereocenters. The second-order valence-corrected chi connectivity index (χ2v) is 10.7. The lowest BCUT2D eigenvalue weighted by molar-refractivity contribution is 0.0467. The first-order valence-electron chi connectivity index (χ1n) is 10.1. The van der Waals surface area contributed by atoms with Gasteiger partial charge in [0.05, 0.1) is 12.2 Å². The molecule has 0 bridgehead atoms. The Hall–Kier alpha value is -0.160. The number of piperidine rings is 1. The van der Waals surface area contributed by atoms with Crippen molar-refractivity contribution in [2.75, 3.05) is 40.3 Å². The maximum Gasteiger partial charge on any atom is 0.0672 e. The van der Waals surface area contributed by atoms with Crippen LogP contribution in [-0.4, -0.2) is 72.5 Å². The minimum Gasteiger partial charge on any atom is -0.392 e. The van der Waals surface area contributed by atoms with Crippen LogP contribution < -0.4 is 0 Å². The summed E-state index contributed by atoms with van der Waals surface area (Å²) in [5.74, 6) is 0.748. The molecule has 0 spiro atoms. The van der Waals surface area contributed by atoms with Crippen molar-refractivity contribution in [3.63, 3.8) is 0 Å². The predicted octanol–water partition coefficient (Wildman–Crippen LogP) is 3.22. The van der Waals surface area contributed by atoms with E-state index < -0.39 is 0 Å². The number of hydrogen-bond donors (Lipinski definition) is 2. The van der Waals surface area contributed by atoms with Gasteiger partial charge >= 0.3 is 0 Å². The van der Waals surface area contributed by atoms with Crippen LogP contribution in [-0.2, 0) is 0 Å². The topological polar surface area (TPSA) is 46.9 Å². The Bertz CT molecular complexity index is 369. The van der Waals surface area contributed by atoms with Gasteiger partial charge in [0.25, 0.3) is 0 Å². The molecule has 0 aromatic heterocycles. The first-order chi connectivity index (χ1) is 11.4. The smallest absolute Gasteiger partial charge is 0.0672 e. The molecule has 4 nitrogen and oxygen atoms in total. The maximum atomic E-state index is 10.3. The van der Waals surface area contributed by atoms with E-state index in [1.165, 1.54) is 19.3 Å². The molecule has 1 fully saturated rings. The van der Waals surface area contributed by atoms with E-state index >= 15 is 0 Å². The SMILES string of the molecule is CN(C)CC(O)CC(C)(C)CC1CCN(CC(O)CC(C)(C)C)CC1. The summed E-state index contributed by atoms with van der Waals surface area (Å²) in [7, 11) is 4.03. The average molecular weight is 357 g/mol. The lowest BCUT2D eigenvalue weighted by Gasteiger charge is -2.38. The third-order valence-corrected chi connectivity index (χ3v) is 5.23. The number of rotatable bonds is 9. The summed E-state index contributed by atoms with van der Waals surface area (Å²) < 4.78 is 0. The van der Waals surface area contributed by atoms with Gasteiger partial charge < -0.3 is 20.0 Å². The monoisotopic (exact) mass is 356 g/mol. The number of aliphatic hydroxyl groups is 2. The van der Waals surface area contributed by atoms with Crippen LogP contribution in [0.15, 0.2) is 0 Å². The van der Waals surface area contributed by atoms with Crippen molar-refractivity contribution in [1.82, 2.24) is 9.80 Å². The predicted molar refractivity (Wildman–Crippen MR) is 107 cm³/mol.